The van der Waals surface area contributed by atoms with Gasteiger partial charge in [-0.3, -0.25) is 10.1 Å². The fraction of sp³-hybridized carbons (Fsp3) is 0.133. The van der Waals surface area contributed by atoms with Gasteiger partial charge in [0.05, 0.1) is 17.4 Å². The molecule has 21 heavy (non-hydrogen) atoms. The van der Waals surface area contributed by atoms with Crippen LogP contribution in [0.2, 0.25) is 0 Å². The highest BCUT2D eigenvalue weighted by Crippen LogP contribution is 2.36. The summed E-state index contributed by atoms with van der Waals surface area (Å²) >= 11 is 0. The van der Waals surface area contributed by atoms with Crippen LogP contribution in [0.3, 0.4) is 0 Å². The van der Waals surface area contributed by atoms with Crippen LogP contribution in [0.15, 0.2) is 40.9 Å². The molecule has 0 unspecified atom stereocenters. The molecule has 6 heteroatoms. The van der Waals surface area contributed by atoms with Gasteiger partial charge in [-0.05, 0) is 25.1 Å². The molecule has 3 aromatic rings. The lowest BCUT2D eigenvalue weighted by Crippen LogP contribution is -1.90. The topological polar surface area (TPSA) is 78.4 Å². The van der Waals surface area contributed by atoms with E-state index in [0.29, 0.717) is 22.4 Å². The number of hydrogen-bond acceptors (Lipinski definition) is 5. The predicted molar refractivity (Wildman–Crippen MR) is 77.4 cm³/mol. The van der Waals surface area contributed by atoms with Gasteiger partial charge in [-0.2, -0.15) is 0 Å². The summed E-state index contributed by atoms with van der Waals surface area (Å²) in [5.74, 6) is 0.641. The van der Waals surface area contributed by atoms with E-state index in [4.69, 9.17) is 9.26 Å². The second-order valence-electron chi connectivity index (χ2n) is 4.67. The van der Waals surface area contributed by atoms with E-state index in [1.807, 2.05) is 25.1 Å². The summed E-state index contributed by atoms with van der Waals surface area (Å²) in [7, 11) is 1.57. The van der Waals surface area contributed by atoms with Crippen LogP contribution in [0.4, 0.5) is 5.69 Å². The summed E-state index contributed by atoms with van der Waals surface area (Å²) < 4.78 is 10.6. The highest BCUT2D eigenvalue weighted by Gasteiger charge is 2.17. The Kier molecular flexibility index (Phi) is 3.06. The second-order valence-corrected chi connectivity index (χ2v) is 4.67. The average Bonchev–Trinajstić information content (AvgIpc) is 2.89. The zero-order valence-corrected chi connectivity index (χ0v) is 11.5. The Morgan fingerprint density at radius 2 is 2.05 bits per heavy atom. The van der Waals surface area contributed by atoms with E-state index in [1.165, 1.54) is 12.1 Å². The van der Waals surface area contributed by atoms with Gasteiger partial charge in [0.25, 0.3) is 5.69 Å². The molecular weight excluding hydrogens is 272 g/mol. The third kappa shape index (κ3) is 2.20. The lowest BCUT2D eigenvalue weighted by Gasteiger charge is -2.07. The van der Waals surface area contributed by atoms with Crippen LogP contribution in [0.25, 0.3) is 22.2 Å². The molecule has 0 radical (unpaired) electrons. The van der Waals surface area contributed by atoms with Gasteiger partial charge in [-0.1, -0.05) is 16.8 Å². The van der Waals surface area contributed by atoms with E-state index < -0.39 is 4.92 Å². The van der Waals surface area contributed by atoms with Gasteiger partial charge in [-0.25, -0.2) is 0 Å². The number of rotatable bonds is 3. The molecule has 6 nitrogen and oxygen atoms in total. The van der Waals surface area contributed by atoms with Crippen LogP contribution >= 0.6 is 0 Å². The molecule has 0 saturated carbocycles. The first-order valence-electron chi connectivity index (χ1n) is 6.29. The second kappa shape index (κ2) is 4.90. The largest absolute Gasteiger partial charge is 0.496 e. The van der Waals surface area contributed by atoms with E-state index in [9.17, 15) is 10.1 Å². The summed E-state index contributed by atoms with van der Waals surface area (Å²) in [6.45, 7) is 1.95. The smallest absolute Gasteiger partial charge is 0.270 e. The first kappa shape index (κ1) is 13.1. The molecule has 0 N–H and O–H groups in total. The lowest BCUT2D eigenvalue weighted by atomic mass is 10.0. The lowest BCUT2D eigenvalue weighted by molar-refractivity contribution is -0.384. The van der Waals surface area contributed by atoms with E-state index in [1.54, 1.807) is 13.2 Å². The van der Waals surface area contributed by atoms with Crippen LogP contribution < -0.4 is 4.74 Å². The number of nitro benzene ring substituents is 1. The molecule has 3 rings (SSSR count). The molecule has 0 spiro atoms. The van der Waals surface area contributed by atoms with Crippen molar-refractivity contribution in [2.45, 2.75) is 6.92 Å². The van der Waals surface area contributed by atoms with E-state index in [0.717, 1.165) is 11.1 Å². The summed E-state index contributed by atoms with van der Waals surface area (Å²) in [6, 6.07) is 10.1. The monoisotopic (exact) mass is 284 g/mol. The Hall–Kier alpha value is -2.89. The van der Waals surface area contributed by atoms with Gasteiger partial charge in [0.15, 0.2) is 5.58 Å². The van der Waals surface area contributed by atoms with Crippen LogP contribution in [0.1, 0.15) is 5.56 Å². The zero-order chi connectivity index (χ0) is 15.0. The van der Waals surface area contributed by atoms with Crippen molar-refractivity contribution >= 4 is 16.7 Å². The first-order valence-corrected chi connectivity index (χ1v) is 6.29. The molecule has 1 aromatic heterocycles. The third-order valence-corrected chi connectivity index (χ3v) is 3.27. The van der Waals surface area contributed by atoms with Gasteiger partial charge in [0, 0.05) is 17.7 Å². The number of hydrogen-bond donors (Lipinski definition) is 0. The summed E-state index contributed by atoms with van der Waals surface area (Å²) in [4.78, 5) is 10.5. The van der Waals surface area contributed by atoms with Gasteiger partial charge < -0.3 is 9.26 Å². The Morgan fingerprint density at radius 1 is 1.24 bits per heavy atom. The number of aryl methyl sites for hydroxylation is 1. The molecule has 1 heterocycles. The highest BCUT2D eigenvalue weighted by atomic mass is 16.6. The van der Waals surface area contributed by atoms with Crippen LogP contribution in [0.5, 0.6) is 5.75 Å². The molecule has 0 aliphatic rings. The van der Waals surface area contributed by atoms with Gasteiger partial charge in [0.2, 0.25) is 0 Å². The van der Waals surface area contributed by atoms with Gasteiger partial charge in [-0.15, -0.1) is 0 Å². The Labute approximate surface area is 120 Å². The van der Waals surface area contributed by atoms with E-state index >= 15 is 0 Å². The normalized spacial score (nSPS) is 10.8. The standard InChI is InChI=1S/C15H12N2O4/c1-9-3-5-13(20-2)11(7-9)15-12-8-10(17(18)19)4-6-14(12)21-16-15/h3-8H,1-2H3. The molecule has 0 bridgehead atoms. The van der Waals surface area contributed by atoms with Crippen LogP contribution in [0, 0.1) is 17.0 Å². The van der Waals surface area contributed by atoms with Gasteiger partial charge in [0.1, 0.15) is 11.4 Å². The minimum atomic E-state index is -0.441. The molecule has 0 fully saturated rings. The van der Waals surface area contributed by atoms with Crippen molar-refractivity contribution in [1.82, 2.24) is 5.16 Å². The Balaban J connectivity index is 2.27. The molecule has 0 aliphatic heterocycles. The third-order valence-electron chi connectivity index (χ3n) is 3.27. The number of ether oxygens (including phenoxy) is 1. The fourth-order valence-corrected chi connectivity index (χ4v) is 2.24. The number of non-ortho nitro benzene ring substituents is 1. The van der Waals surface area contributed by atoms with Crippen molar-refractivity contribution in [2.24, 2.45) is 0 Å². The molecule has 0 aliphatic carbocycles. The zero-order valence-electron chi connectivity index (χ0n) is 11.5. The summed E-state index contributed by atoms with van der Waals surface area (Å²) in [5, 5.41) is 15.6. The number of benzene rings is 2. The molecule has 0 amide bonds. The number of methoxy groups -OCH3 is 1. The Morgan fingerprint density at radius 3 is 2.76 bits per heavy atom. The summed E-state index contributed by atoms with van der Waals surface area (Å²) in [5.41, 5.74) is 2.82. The van der Waals surface area contributed by atoms with E-state index in [-0.39, 0.29) is 5.69 Å². The maximum absolute atomic E-state index is 10.9. The first-order chi connectivity index (χ1) is 10.1. The van der Waals surface area contributed by atoms with Crippen molar-refractivity contribution in [3.8, 4) is 17.0 Å². The molecule has 0 saturated heterocycles. The highest BCUT2D eigenvalue weighted by molar-refractivity contribution is 5.94. The molecular formula is C15H12N2O4. The maximum atomic E-state index is 10.9. The van der Waals surface area contributed by atoms with Crippen LogP contribution in [-0.2, 0) is 0 Å². The van der Waals surface area contributed by atoms with E-state index in [2.05, 4.69) is 5.16 Å². The van der Waals surface area contributed by atoms with Crippen molar-refractivity contribution in [3.63, 3.8) is 0 Å². The predicted octanol–water partition coefficient (Wildman–Crippen LogP) is 3.72. The fourth-order valence-electron chi connectivity index (χ4n) is 2.24. The Bertz CT molecular complexity index is 839. The van der Waals surface area contributed by atoms with Crippen molar-refractivity contribution in [1.29, 1.82) is 0 Å². The van der Waals surface area contributed by atoms with Gasteiger partial charge >= 0.3 is 0 Å². The van der Waals surface area contributed by atoms with Crippen molar-refractivity contribution in [3.05, 3.63) is 52.1 Å². The van der Waals surface area contributed by atoms with Crippen molar-refractivity contribution < 1.29 is 14.2 Å². The number of fused-ring (bicyclic) bond motifs is 1. The van der Waals surface area contributed by atoms with Crippen molar-refractivity contribution in [2.75, 3.05) is 7.11 Å². The average molecular weight is 284 g/mol. The van der Waals surface area contributed by atoms with Crippen LogP contribution in [-0.4, -0.2) is 17.2 Å². The number of nitro groups is 1. The molecule has 2 aromatic carbocycles. The molecule has 106 valence electrons. The maximum Gasteiger partial charge on any atom is 0.270 e. The number of aromatic nitrogens is 1. The molecule has 0 atom stereocenters. The quantitative estimate of drug-likeness (QED) is 0.541. The SMILES string of the molecule is COc1ccc(C)cc1-c1noc2ccc([N+](=O)[O-])cc12. The summed E-state index contributed by atoms with van der Waals surface area (Å²) in [6.07, 6.45) is 0. The number of nitrogens with zero attached hydrogens (tertiary/aromatic N) is 2. The minimum absolute atomic E-state index is 0.00132. The minimum Gasteiger partial charge on any atom is -0.496 e.